The van der Waals surface area contributed by atoms with Gasteiger partial charge in [0, 0.05) is 13.2 Å². The van der Waals surface area contributed by atoms with Crippen LogP contribution in [0.5, 0.6) is 0 Å². The molecule has 0 unspecified atom stereocenters. The Morgan fingerprint density at radius 1 is 1.12 bits per heavy atom. The summed E-state index contributed by atoms with van der Waals surface area (Å²) in [6.07, 6.45) is -0.321. The van der Waals surface area contributed by atoms with Crippen molar-refractivity contribution in [1.82, 2.24) is 5.32 Å². The van der Waals surface area contributed by atoms with E-state index < -0.39 is 0 Å². The van der Waals surface area contributed by atoms with Crippen LogP contribution in [0.3, 0.4) is 0 Å². The predicted molar refractivity (Wildman–Crippen MR) is 61.1 cm³/mol. The number of amides is 1. The van der Waals surface area contributed by atoms with E-state index in [0.29, 0.717) is 19.8 Å². The van der Waals surface area contributed by atoms with E-state index in [0.717, 1.165) is 0 Å². The molecule has 0 aliphatic heterocycles. The van der Waals surface area contributed by atoms with Gasteiger partial charge in [0.2, 0.25) is 5.91 Å². The maximum atomic E-state index is 11.3. The van der Waals surface area contributed by atoms with Crippen LogP contribution in [0.25, 0.3) is 0 Å². The molecule has 0 bridgehead atoms. The molecule has 0 heterocycles. The van der Waals surface area contributed by atoms with E-state index in [1.54, 1.807) is 0 Å². The Kier molecular flexibility index (Phi) is 9.18. The molecule has 0 aliphatic carbocycles. The first-order valence-electron chi connectivity index (χ1n) is 5.71. The summed E-state index contributed by atoms with van der Waals surface area (Å²) in [5, 5.41) is 2.69. The summed E-state index contributed by atoms with van der Waals surface area (Å²) in [5.41, 5.74) is 0. The topological polar surface area (TPSA) is 56.8 Å². The lowest BCUT2D eigenvalue weighted by Crippen LogP contribution is -2.37. The summed E-state index contributed by atoms with van der Waals surface area (Å²) < 4.78 is 15.7. The highest BCUT2D eigenvalue weighted by Gasteiger charge is 2.10. The van der Waals surface area contributed by atoms with Gasteiger partial charge in [-0.2, -0.15) is 0 Å². The van der Waals surface area contributed by atoms with Crippen LogP contribution in [-0.2, 0) is 19.0 Å². The minimum atomic E-state index is -0.377. The van der Waals surface area contributed by atoms with Crippen molar-refractivity contribution in [3.05, 3.63) is 0 Å². The standard InChI is InChI=1S/C11H23NO4/c1-5-14-11(15-6-2)7-12-10(13)8-16-9(3)4/h9,11H,5-8H2,1-4H3,(H,12,13). The molecular weight excluding hydrogens is 210 g/mol. The van der Waals surface area contributed by atoms with Gasteiger partial charge in [0.15, 0.2) is 6.29 Å². The SMILES string of the molecule is CCOC(CNC(=O)COC(C)C)OCC. The van der Waals surface area contributed by atoms with Crippen molar-refractivity contribution in [2.75, 3.05) is 26.4 Å². The zero-order valence-electron chi connectivity index (χ0n) is 10.6. The first-order valence-corrected chi connectivity index (χ1v) is 5.71. The van der Waals surface area contributed by atoms with Crippen LogP contribution in [0.15, 0.2) is 0 Å². The zero-order chi connectivity index (χ0) is 12.4. The van der Waals surface area contributed by atoms with Gasteiger partial charge in [0.1, 0.15) is 6.61 Å². The minimum absolute atomic E-state index is 0.0559. The highest BCUT2D eigenvalue weighted by Crippen LogP contribution is 1.93. The van der Waals surface area contributed by atoms with Gasteiger partial charge in [-0.25, -0.2) is 0 Å². The average Bonchev–Trinajstić information content (AvgIpc) is 2.23. The Morgan fingerprint density at radius 2 is 1.69 bits per heavy atom. The van der Waals surface area contributed by atoms with Crippen molar-refractivity contribution in [1.29, 1.82) is 0 Å². The fraction of sp³-hybridized carbons (Fsp3) is 0.909. The lowest BCUT2D eigenvalue weighted by Gasteiger charge is -2.17. The van der Waals surface area contributed by atoms with E-state index in [4.69, 9.17) is 14.2 Å². The Balaban J connectivity index is 3.68. The van der Waals surface area contributed by atoms with Crippen LogP contribution in [0.2, 0.25) is 0 Å². The number of nitrogens with one attached hydrogen (secondary N) is 1. The maximum Gasteiger partial charge on any atom is 0.246 e. The molecule has 16 heavy (non-hydrogen) atoms. The summed E-state index contributed by atoms with van der Waals surface area (Å²) in [7, 11) is 0. The molecule has 1 N–H and O–H groups in total. The van der Waals surface area contributed by atoms with Gasteiger partial charge in [0.25, 0.3) is 0 Å². The predicted octanol–water partition coefficient (Wildman–Crippen LogP) is 0.927. The van der Waals surface area contributed by atoms with Gasteiger partial charge in [-0.05, 0) is 27.7 Å². The molecule has 0 saturated carbocycles. The van der Waals surface area contributed by atoms with Gasteiger partial charge in [-0.15, -0.1) is 0 Å². The maximum absolute atomic E-state index is 11.3. The third-order valence-corrected chi connectivity index (χ3v) is 1.72. The molecule has 5 heteroatoms. The summed E-state index contributed by atoms with van der Waals surface area (Å²) in [6.45, 7) is 9.08. The van der Waals surface area contributed by atoms with Crippen LogP contribution in [0.1, 0.15) is 27.7 Å². The molecule has 0 fully saturated rings. The lowest BCUT2D eigenvalue weighted by molar-refractivity contribution is -0.143. The van der Waals surface area contributed by atoms with Gasteiger partial charge < -0.3 is 19.5 Å². The monoisotopic (exact) mass is 233 g/mol. The zero-order valence-corrected chi connectivity index (χ0v) is 10.6. The molecule has 0 aromatic carbocycles. The molecule has 0 saturated heterocycles. The van der Waals surface area contributed by atoms with E-state index in [2.05, 4.69) is 5.32 Å². The average molecular weight is 233 g/mol. The number of carbonyl (C=O) groups excluding carboxylic acids is 1. The van der Waals surface area contributed by atoms with Crippen molar-refractivity contribution in [3.63, 3.8) is 0 Å². The molecule has 96 valence electrons. The van der Waals surface area contributed by atoms with Crippen molar-refractivity contribution in [2.45, 2.75) is 40.1 Å². The molecule has 0 rings (SSSR count). The first-order chi connectivity index (χ1) is 7.60. The lowest BCUT2D eigenvalue weighted by atomic mass is 10.5. The van der Waals surface area contributed by atoms with Crippen LogP contribution in [-0.4, -0.2) is 44.7 Å². The van der Waals surface area contributed by atoms with E-state index in [1.807, 2.05) is 27.7 Å². The number of carbonyl (C=O) groups is 1. The highest BCUT2D eigenvalue weighted by molar-refractivity contribution is 5.77. The molecule has 0 spiro atoms. The summed E-state index contributed by atoms with van der Waals surface area (Å²) in [6, 6.07) is 0. The molecule has 1 amide bonds. The molecule has 5 nitrogen and oxygen atoms in total. The Morgan fingerprint density at radius 3 is 2.12 bits per heavy atom. The van der Waals surface area contributed by atoms with Crippen LogP contribution < -0.4 is 5.32 Å². The molecule has 0 atom stereocenters. The summed E-state index contributed by atoms with van der Waals surface area (Å²) in [5.74, 6) is -0.155. The number of hydrogen-bond donors (Lipinski definition) is 1. The largest absolute Gasteiger partial charge is 0.369 e. The van der Waals surface area contributed by atoms with Crippen LogP contribution in [0.4, 0.5) is 0 Å². The second kappa shape index (κ2) is 9.57. The van der Waals surface area contributed by atoms with Crippen molar-refractivity contribution < 1.29 is 19.0 Å². The normalized spacial score (nSPS) is 11.1. The Bertz CT molecular complexity index is 179. The van der Waals surface area contributed by atoms with Crippen molar-refractivity contribution in [3.8, 4) is 0 Å². The fourth-order valence-electron chi connectivity index (χ4n) is 1.03. The number of rotatable bonds is 9. The van der Waals surface area contributed by atoms with Gasteiger partial charge in [-0.3, -0.25) is 4.79 Å². The third kappa shape index (κ3) is 8.64. The minimum Gasteiger partial charge on any atom is -0.369 e. The second-order valence-electron chi connectivity index (χ2n) is 3.50. The third-order valence-electron chi connectivity index (χ3n) is 1.72. The second-order valence-corrected chi connectivity index (χ2v) is 3.50. The van der Waals surface area contributed by atoms with Crippen molar-refractivity contribution >= 4 is 5.91 Å². The van der Waals surface area contributed by atoms with E-state index >= 15 is 0 Å². The van der Waals surface area contributed by atoms with E-state index in [-0.39, 0.29) is 24.9 Å². The van der Waals surface area contributed by atoms with Gasteiger partial charge >= 0.3 is 0 Å². The van der Waals surface area contributed by atoms with Crippen molar-refractivity contribution in [2.24, 2.45) is 0 Å². The van der Waals surface area contributed by atoms with E-state index in [1.165, 1.54) is 0 Å². The van der Waals surface area contributed by atoms with Crippen LogP contribution >= 0.6 is 0 Å². The molecular formula is C11H23NO4. The quantitative estimate of drug-likeness (QED) is 0.602. The smallest absolute Gasteiger partial charge is 0.246 e. The Labute approximate surface area is 97.4 Å². The fourth-order valence-corrected chi connectivity index (χ4v) is 1.03. The summed E-state index contributed by atoms with van der Waals surface area (Å²) in [4.78, 5) is 11.3. The van der Waals surface area contributed by atoms with Gasteiger partial charge in [0.05, 0.1) is 12.6 Å². The number of ether oxygens (including phenoxy) is 3. The van der Waals surface area contributed by atoms with Gasteiger partial charge in [-0.1, -0.05) is 0 Å². The molecule has 0 aliphatic rings. The number of hydrogen-bond acceptors (Lipinski definition) is 4. The van der Waals surface area contributed by atoms with E-state index in [9.17, 15) is 4.79 Å². The molecule has 0 aromatic heterocycles. The highest BCUT2D eigenvalue weighted by atomic mass is 16.7. The first kappa shape index (κ1) is 15.3. The summed E-state index contributed by atoms with van der Waals surface area (Å²) >= 11 is 0. The Hall–Kier alpha value is -0.650. The molecule has 0 aromatic rings. The molecule has 0 radical (unpaired) electrons. The van der Waals surface area contributed by atoms with Crippen LogP contribution in [0, 0.1) is 0 Å².